The summed E-state index contributed by atoms with van der Waals surface area (Å²) in [7, 11) is 0. The number of ether oxygens (including phenoxy) is 1. The summed E-state index contributed by atoms with van der Waals surface area (Å²) in [6.07, 6.45) is 4.68. The van der Waals surface area contributed by atoms with Gasteiger partial charge in [0.05, 0.1) is 4.92 Å². The van der Waals surface area contributed by atoms with Crippen LogP contribution in [0.5, 0.6) is 0 Å². The lowest BCUT2D eigenvalue weighted by atomic mass is 10.1. The average Bonchev–Trinajstić information content (AvgIpc) is 2.34. The summed E-state index contributed by atoms with van der Waals surface area (Å²) >= 11 is 0. The molecule has 0 radical (unpaired) electrons. The Morgan fingerprint density at radius 2 is 2.15 bits per heavy atom. The number of nitrogens with zero attached hydrogens (tertiary/aromatic N) is 1. The van der Waals surface area contributed by atoms with E-state index >= 15 is 0 Å². The summed E-state index contributed by atoms with van der Waals surface area (Å²) in [4.78, 5) is 21.8. The first-order chi connectivity index (χ1) is 9.23. The first-order valence-corrected chi connectivity index (χ1v) is 5.93. The van der Waals surface area contributed by atoms with Gasteiger partial charge in [0.25, 0.3) is 5.69 Å². The van der Waals surface area contributed by atoms with Crippen molar-refractivity contribution in [3.8, 4) is 12.3 Å². The normalized spacial score (nSPS) is 12.1. The van der Waals surface area contributed by atoms with Gasteiger partial charge in [0.1, 0.15) is 11.6 Å². The average molecular weight is 276 g/mol. The van der Waals surface area contributed by atoms with Crippen LogP contribution in [-0.2, 0) is 4.74 Å². The smallest absolute Gasteiger partial charge is 0.408 e. The number of benzene rings is 1. The fourth-order valence-electron chi connectivity index (χ4n) is 1.46. The van der Waals surface area contributed by atoms with Crippen LogP contribution in [0.25, 0.3) is 0 Å². The zero-order chi connectivity index (χ0) is 15.3. The molecule has 1 unspecified atom stereocenters. The Morgan fingerprint density at radius 3 is 2.65 bits per heavy atom. The number of amides is 1. The number of alkyl carbamates (subject to hydrolysis) is 1. The monoisotopic (exact) mass is 276 g/mol. The molecule has 1 N–H and O–H groups in total. The predicted molar refractivity (Wildman–Crippen MR) is 74.0 cm³/mol. The number of nitrogens with one attached hydrogen (secondary N) is 1. The van der Waals surface area contributed by atoms with Crippen molar-refractivity contribution in [3.05, 3.63) is 39.9 Å². The summed E-state index contributed by atoms with van der Waals surface area (Å²) in [6.45, 7) is 5.18. The molecule has 0 bridgehead atoms. The minimum atomic E-state index is -0.787. The van der Waals surface area contributed by atoms with Crippen molar-refractivity contribution in [2.24, 2.45) is 0 Å². The zero-order valence-corrected chi connectivity index (χ0v) is 11.5. The molecule has 0 aliphatic carbocycles. The molecule has 1 aromatic carbocycles. The predicted octanol–water partition coefficient (Wildman–Crippen LogP) is 2.79. The third-order valence-corrected chi connectivity index (χ3v) is 2.24. The van der Waals surface area contributed by atoms with Gasteiger partial charge in [0.15, 0.2) is 0 Å². The standard InChI is InChI=1S/C14H16N2O4/c1-5-12(15-13(17)20-14(2,3)4)10-7-6-8-11(9-10)16(18)19/h1,6-9,12H,2-4H3,(H,15,17). The number of nitro groups is 1. The van der Waals surface area contributed by atoms with Gasteiger partial charge in [-0.25, -0.2) is 4.79 Å². The molecule has 0 aliphatic heterocycles. The topological polar surface area (TPSA) is 81.5 Å². The highest BCUT2D eigenvalue weighted by atomic mass is 16.6. The Kier molecular flexibility index (Phi) is 4.70. The fourth-order valence-corrected chi connectivity index (χ4v) is 1.46. The molecule has 0 spiro atoms. The van der Waals surface area contributed by atoms with Crippen molar-refractivity contribution in [2.45, 2.75) is 32.4 Å². The van der Waals surface area contributed by atoms with Gasteiger partial charge in [0, 0.05) is 12.1 Å². The molecule has 0 heterocycles. The summed E-state index contributed by atoms with van der Waals surface area (Å²) in [5.74, 6) is 2.37. The molecule has 20 heavy (non-hydrogen) atoms. The van der Waals surface area contributed by atoms with E-state index in [-0.39, 0.29) is 5.69 Å². The van der Waals surface area contributed by atoms with Gasteiger partial charge in [-0.1, -0.05) is 18.1 Å². The van der Waals surface area contributed by atoms with E-state index in [2.05, 4.69) is 11.2 Å². The van der Waals surface area contributed by atoms with Crippen molar-refractivity contribution >= 4 is 11.8 Å². The molecular weight excluding hydrogens is 260 g/mol. The highest BCUT2D eigenvalue weighted by molar-refractivity contribution is 5.69. The summed E-state index contributed by atoms with van der Waals surface area (Å²) in [5, 5.41) is 13.2. The molecule has 0 aromatic heterocycles. The number of non-ortho nitro benzene ring substituents is 1. The molecule has 0 aliphatic rings. The van der Waals surface area contributed by atoms with Crippen LogP contribution in [0.15, 0.2) is 24.3 Å². The SMILES string of the molecule is C#CC(NC(=O)OC(C)(C)C)c1cccc([N+](=O)[O-])c1. The zero-order valence-electron chi connectivity index (χ0n) is 11.5. The highest BCUT2D eigenvalue weighted by Gasteiger charge is 2.20. The maximum Gasteiger partial charge on any atom is 0.408 e. The molecule has 1 rings (SSSR count). The van der Waals surface area contributed by atoms with E-state index in [0.717, 1.165) is 0 Å². The molecule has 1 amide bonds. The van der Waals surface area contributed by atoms with Crippen molar-refractivity contribution in [3.63, 3.8) is 0 Å². The van der Waals surface area contributed by atoms with E-state index < -0.39 is 22.7 Å². The van der Waals surface area contributed by atoms with Crippen molar-refractivity contribution in [1.82, 2.24) is 5.32 Å². The maximum absolute atomic E-state index is 11.7. The Labute approximate surface area is 117 Å². The van der Waals surface area contributed by atoms with Gasteiger partial charge in [-0.2, -0.15) is 0 Å². The largest absolute Gasteiger partial charge is 0.444 e. The molecule has 1 aromatic rings. The number of carbonyl (C=O) groups excluding carboxylic acids is 1. The van der Waals surface area contributed by atoms with Gasteiger partial charge in [-0.15, -0.1) is 6.42 Å². The lowest BCUT2D eigenvalue weighted by molar-refractivity contribution is -0.384. The van der Waals surface area contributed by atoms with E-state index in [4.69, 9.17) is 11.2 Å². The minimum Gasteiger partial charge on any atom is -0.444 e. The molecule has 106 valence electrons. The number of nitro benzene ring substituents is 1. The van der Waals surface area contributed by atoms with E-state index in [1.54, 1.807) is 26.8 Å². The molecular formula is C14H16N2O4. The van der Waals surface area contributed by atoms with Crippen LogP contribution in [-0.4, -0.2) is 16.6 Å². The van der Waals surface area contributed by atoms with E-state index in [1.807, 2.05) is 0 Å². The van der Waals surface area contributed by atoms with Crippen LogP contribution in [0, 0.1) is 22.5 Å². The molecule has 6 heteroatoms. The van der Waals surface area contributed by atoms with E-state index in [9.17, 15) is 14.9 Å². The maximum atomic E-state index is 11.7. The Morgan fingerprint density at radius 1 is 1.50 bits per heavy atom. The first kappa shape index (κ1) is 15.5. The van der Waals surface area contributed by atoms with Crippen molar-refractivity contribution in [2.75, 3.05) is 0 Å². The van der Waals surface area contributed by atoms with Gasteiger partial charge >= 0.3 is 6.09 Å². The number of terminal acetylenes is 1. The van der Waals surface area contributed by atoms with Gasteiger partial charge in [-0.3, -0.25) is 10.1 Å². The van der Waals surface area contributed by atoms with Crippen LogP contribution in [0.3, 0.4) is 0 Å². The molecule has 0 saturated carbocycles. The van der Waals surface area contributed by atoms with Gasteiger partial charge in [0.2, 0.25) is 0 Å². The number of rotatable bonds is 3. The van der Waals surface area contributed by atoms with Crippen LogP contribution < -0.4 is 5.32 Å². The number of carbonyl (C=O) groups is 1. The minimum absolute atomic E-state index is 0.0891. The number of hydrogen-bond acceptors (Lipinski definition) is 4. The van der Waals surface area contributed by atoms with E-state index in [0.29, 0.717) is 5.56 Å². The Balaban J connectivity index is 2.87. The lowest BCUT2D eigenvalue weighted by Crippen LogP contribution is -2.34. The Hall–Kier alpha value is -2.55. The lowest BCUT2D eigenvalue weighted by Gasteiger charge is -2.21. The summed E-state index contributed by atoms with van der Waals surface area (Å²) in [5.41, 5.74) is -0.285. The third kappa shape index (κ3) is 4.61. The van der Waals surface area contributed by atoms with Crippen LogP contribution >= 0.6 is 0 Å². The molecule has 1 atom stereocenters. The third-order valence-electron chi connectivity index (χ3n) is 2.24. The fraction of sp³-hybridized carbons (Fsp3) is 0.357. The van der Waals surface area contributed by atoms with Crippen LogP contribution in [0.1, 0.15) is 32.4 Å². The van der Waals surface area contributed by atoms with Crippen LogP contribution in [0.4, 0.5) is 10.5 Å². The number of hydrogen-bond donors (Lipinski definition) is 1. The molecule has 0 saturated heterocycles. The first-order valence-electron chi connectivity index (χ1n) is 5.93. The van der Waals surface area contributed by atoms with E-state index in [1.165, 1.54) is 18.2 Å². The molecule has 6 nitrogen and oxygen atoms in total. The quantitative estimate of drug-likeness (QED) is 0.523. The molecule has 0 fully saturated rings. The summed E-state index contributed by atoms with van der Waals surface area (Å²) in [6, 6.07) is 5.00. The van der Waals surface area contributed by atoms with Crippen molar-refractivity contribution in [1.29, 1.82) is 0 Å². The van der Waals surface area contributed by atoms with Crippen LogP contribution in [0.2, 0.25) is 0 Å². The Bertz CT molecular complexity index is 555. The second kappa shape index (κ2) is 6.06. The second-order valence-corrected chi connectivity index (χ2v) is 5.10. The van der Waals surface area contributed by atoms with Gasteiger partial charge in [-0.05, 0) is 26.3 Å². The van der Waals surface area contributed by atoms with Gasteiger partial charge < -0.3 is 10.1 Å². The summed E-state index contributed by atoms with van der Waals surface area (Å²) < 4.78 is 5.09. The second-order valence-electron chi connectivity index (χ2n) is 5.10. The van der Waals surface area contributed by atoms with Crippen molar-refractivity contribution < 1.29 is 14.5 Å². The highest BCUT2D eigenvalue weighted by Crippen LogP contribution is 2.19.